The van der Waals surface area contributed by atoms with Crippen LogP contribution in [0.15, 0.2) is 48.6 Å². The number of carboxylic acids is 1. The Bertz CT molecular complexity index is 477. The molecule has 186 valence electrons. The van der Waals surface area contributed by atoms with E-state index in [1.54, 1.807) is 4.90 Å². The highest BCUT2D eigenvalue weighted by Gasteiger charge is 2.02. The van der Waals surface area contributed by atoms with Crippen LogP contribution in [-0.2, 0) is 4.79 Å². The maximum Gasteiger partial charge on any atom is 0.0768 e. The number of carboxylic acid groups (broad SMARTS) is 1. The lowest BCUT2D eigenvalue weighted by Crippen LogP contribution is -3.11. The fourth-order valence-electron chi connectivity index (χ4n) is 3.36. The Hall–Kier alpha value is -1.61. The molecule has 0 bridgehead atoms. The third-order valence-electron chi connectivity index (χ3n) is 5.02. The highest BCUT2D eigenvalue weighted by molar-refractivity contribution is 5.64. The van der Waals surface area contributed by atoms with Crippen LogP contribution in [0.4, 0.5) is 0 Å². The predicted octanol–water partition coefficient (Wildman–Crippen LogP) is 5.98. The Morgan fingerprint density at radius 2 is 1.00 bits per heavy atom. The van der Waals surface area contributed by atoms with Crippen molar-refractivity contribution in [3.8, 4) is 0 Å². The van der Waals surface area contributed by atoms with Crippen LogP contribution in [0.3, 0.4) is 0 Å². The number of hydrogen-bond acceptors (Lipinski definition) is 2. The van der Waals surface area contributed by atoms with Crippen molar-refractivity contribution in [3.63, 3.8) is 0 Å². The summed E-state index contributed by atoms with van der Waals surface area (Å²) in [4.78, 5) is 12.0. The number of aliphatic carboxylic acids is 1. The first kappa shape index (κ1) is 32.6. The molecule has 0 atom stereocenters. The molecule has 0 aliphatic rings. The molecular formula is C29H53NO2. The number of unbranched alkanes of at least 4 members (excludes halogenated alkanes) is 4. The van der Waals surface area contributed by atoms with Gasteiger partial charge in [-0.05, 0) is 70.6 Å². The normalized spacial score (nSPS) is 11.9. The first-order chi connectivity index (χ1) is 15.6. The molecule has 0 aromatic heterocycles. The van der Waals surface area contributed by atoms with Crippen LogP contribution < -0.4 is 10.0 Å². The highest BCUT2D eigenvalue weighted by atomic mass is 16.4. The van der Waals surface area contributed by atoms with E-state index in [4.69, 9.17) is 0 Å². The summed E-state index contributed by atoms with van der Waals surface area (Å²) in [6.45, 7) is 13.1. The van der Waals surface area contributed by atoms with Gasteiger partial charge in [-0.15, -0.1) is 0 Å². The van der Waals surface area contributed by atoms with Crippen LogP contribution >= 0.6 is 0 Å². The lowest BCUT2D eigenvalue weighted by Gasteiger charge is -2.16. The van der Waals surface area contributed by atoms with Gasteiger partial charge >= 0.3 is 0 Å². The van der Waals surface area contributed by atoms with Gasteiger partial charge in [0, 0.05) is 5.97 Å². The number of nitrogens with one attached hydrogen (secondary N) is 1. The second-order valence-electron chi connectivity index (χ2n) is 8.35. The van der Waals surface area contributed by atoms with Gasteiger partial charge in [-0.1, -0.05) is 89.1 Å². The first-order valence-electron chi connectivity index (χ1n) is 13.3. The maximum absolute atomic E-state index is 10.2. The summed E-state index contributed by atoms with van der Waals surface area (Å²) in [6.07, 6.45) is 31.0. The number of quaternary nitrogens is 1. The summed E-state index contributed by atoms with van der Waals surface area (Å²) in [5.74, 6) is -0.962. The van der Waals surface area contributed by atoms with E-state index in [1.165, 1.54) is 64.6 Å². The van der Waals surface area contributed by atoms with Crippen LogP contribution in [0.25, 0.3) is 0 Å². The number of carbonyl (C=O) groups excluding carboxylic acids is 1. The summed E-state index contributed by atoms with van der Waals surface area (Å²) in [5, 5.41) is 10.2. The number of carbonyl (C=O) groups is 1. The quantitative estimate of drug-likeness (QED) is 0.184. The number of rotatable bonds is 20. The van der Waals surface area contributed by atoms with E-state index >= 15 is 0 Å². The topological polar surface area (TPSA) is 44.6 Å². The summed E-state index contributed by atoms with van der Waals surface area (Å²) in [5.41, 5.74) is 0. The van der Waals surface area contributed by atoms with E-state index in [2.05, 4.69) is 70.2 Å². The van der Waals surface area contributed by atoms with Gasteiger partial charge in [0.1, 0.15) is 0 Å². The van der Waals surface area contributed by atoms with Crippen LogP contribution in [0.5, 0.6) is 0 Å². The Kier molecular flexibility index (Phi) is 29.9. The minimum absolute atomic E-state index is 0.151. The fraction of sp³-hybridized carbons (Fsp3) is 0.690. The van der Waals surface area contributed by atoms with Crippen LogP contribution in [-0.4, -0.2) is 25.6 Å². The molecule has 0 aromatic carbocycles. The minimum Gasteiger partial charge on any atom is -0.550 e. The highest BCUT2D eigenvalue weighted by Crippen LogP contribution is 2.01. The molecule has 1 N–H and O–H groups in total. The van der Waals surface area contributed by atoms with E-state index in [0.29, 0.717) is 6.42 Å². The molecule has 0 heterocycles. The monoisotopic (exact) mass is 447 g/mol. The zero-order valence-electron chi connectivity index (χ0n) is 21.7. The van der Waals surface area contributed by atoms with Gasteiger partial charge in [0.15, 0.2) is 0 Å². The SMILES string of the molecule is CCCCC/C=C\C/C=C\C/C=C\C/C=C\CCCC(=O)[O-].CCC[NH+](CCC)CCC. The third-order valence-corrected chi connectivity index (χ3v) is 5.02. The van der Waals surface area contributed by atoms with Gasteiger partial charge in [-0.25, -0.2) is 0 Å². The fourth-order valence-corrected chi connectivity index (χ4v) is 3.36. The van der Waals surface area contributed by atoms with Gasteiger partial charge in [0.25, 0.3) is 0 Å². The average molecular weight is 448 g/mol. The van der Waals surface area contributed by atoms with E-state index in [0.717, 1.165) is 25.7 Å². The van der Waals surface area contributed by atoms with Crippen molar-refractivity contribution in [2.24, 2.45) is 0 Å². The third kappa shape index (κ3) is 30.6. The standard InChI is InChI=1S/C20H32O2.C9H21N/c1-2-3-4-5-6-7-8-9-10-11-12-13-14-15-16-17-18-19-20(21)22;1-4-7-10(8-5-2)9-6-3/h6-7,9-10,12-13,15-16H,2-5,8,11,14,17-19H2,1H3,(H,21,22);4-9H2,1-3H3/b7-6-,10-9-,13-12-,16-15-;. The van der Waals surface area contributed by atoms with Crippen molar-refractivity contribution in [3.05, 3.63) is 48.6 Å². The van der Waals surface area contributed by atoms with E-state index < -0.39 is 5.97 Å². The molecule has 32 heavy (non-hydrogen) atoms. The molecule has 0 amide bonds. The molecule has 0 aliphatic heterocycles. The maximum atomic E-state index is 10.2. The minimum atomic E-state index is -0.962. The van der Waals surface area contributed by atoms with Gasteiger partial charge in [-0.3, -0.25) is 0 Å². The van der Waals surface area contributed by atoms with Crippen LogP contribution in [0.2, 0.25) is 0 Å². The molecule has 0 aromatic rings. The number of allylic oxidation sites excluding steroid dienone is 8. The molecule has 0 spiro atoms. The Morgan fingerprint density at radius 1 is 0.594 bits per heavy atom. The summed E-state index contributed by atoms with van der Waals surface area (Å²) < 4.78 is 0. The van der Waals surface area contributed by atoms with Crippen molar-refractivity contribution in [2.45, 2.75) is 111 Å². The lowest BCUT2D eigenvalue weighted by atomic mass is 10.2. The molecule has 0 rings (SSSR count). The van der Waals surface area contributed by atoms with Crippen molar-refractivity contribution >= 4 is 5.97 Å². The van der Waals surface area contributed by atoms with Gasteiger partial charge in [0.2, 0.25) is 0 Å². The second kappa shape index (κ2) is 29.4. The molecule has 0 unspecified atom stereocenters. The van der Waals surface area contributed by atoms with Crippen molar-refractivity contribution in [2.75, 3.05) is 19.6 Å². The van der Waals surface area contributed by atoms with Crippen molar-refractivity contribution in [1.82, 2.24) is 0 Å². The van der Waals surface area contributed by atoms with E-state index in [-0.39, 0.29) is 6.42 Å². The Balaban J connectivity index is 0. The summed E-state index contributed by atoms with van der Waals surface area (Å²) in [6, 6.07) is 0. The van der Waals surface area contributed by atoms with E-state index in [1.807, 2.05) is 6.08 Å². The predicted molar refractivity (Wildman–Crippen MR) is 140 cm³/mol. The first-order valence-corrected chi connectivity index (χ1v) is 13.3. The van der Waals surface area contributed by atoms with Crippen LogP contribution in [0.1, 0.15) is 111 Å². The smallest absolute Gasteiger partial charge is 0.0768 e. The zero-order chi connectivity index (χ0) is 24.1. The van der Waals surface area contributed by atoms with Crippen molar-refractivity contribution < 1.29 is 14.8 Å². The van der Waals surface area contributed by atoms with Gasteiger partial charge in [0.05, 0.1) is 19.6 Å². The summed E-state index contributed by atoms with van der Waals surface area (Å²) in [7, 11) is 0. The second-order valence-corrected chi connectivity index (χ2v) is 8.35. The molecule has 3 nitrogen and oxygen atoms in total. The van der Waals surface area contributed by atoms with Gasteiger partial charge in [-0.2, -0.15) is 0 Å². The molecule has 0 aliphatic carbocycles. The molecular weight excluding hydrogens is 394 g/mol. The largest absolute Gasteiger partial charge is 0.550 e. The van der Waals surface area contributed by atoms with Gasteiger partial charge < -0.3 is 14.8 Å². The molecule has 0 radical (unpaired) electrons. The molecule has 0 fully saturated rings. The van der Waals surface area contributed by atoms with Crippen molar-refractivity contribution in [1.29, 1.82) is 0 Å². The zero-order valence-corrected chi connectivity index (χ0v) is 21.7. The average Bonchev–Trinajstić information content (AvgIpc) is 2.77. The van der Waals surface area contributed by atoms with E-state index in [9.17, 15) is 9.90 Å². The number of hydrogen-bond donors (Lipinski definition) is 1. The lowest BCUT2D eigenvalue weighted by molar-refractivity contribution is -0.900. The molecule has 0 saturated carbocycles. The molecule has 3 heteroatoms. The Labute approximate surface area is 200 Å². The Morgan fingerprint density at radius 3 is 1.38 bits per heavy atom. The summed E-state index contributed by atoms with van der Waals surface area (Å²) >= 11 is 0. The molecule has 0 saturated heterocycles. The van der Waals surface area contributed by atoms with Crippen LogP contribution in [0, 0.1) is 0 Å².